The number of carbonyl (C=O) groups excluding carboxylic acids is 2. The molecule has 39 heavy (non-hydrogen) atoms. The Bertz CT molecular complexity index is 1250. The summed E-state index contributed by atoms with van der Waals surface area (Å²) in [6, 6.07) is 20.2. The van der Waals surface area contributed by atoms with Gasteiger partial charge in [-0.25, -0.2) is 9.97 Å². The lowest BCUT2D eigenvalue weighted by Gasteiger charge is -2.31. The van der Waals surface area contributed by atoms with E-state index in [2.05, 4.69) is 56.1 Å². The summed E-state index contributed by atoms with van der Waals surface area (Å²) in [5, 5.41) is 0.745. The maximum atomic E-state index is 13.1. The summed E-state index contributed by atoms with van der Waals surface area (Å²) in [5.74, 6) is 1.41. The van der Waals surface area contributed by atoms with E-state index < -0.39 is 0 Å². The first-order valence-corrected chi connectivity index (χ1v) is 14.6. The van der Waals surface area contributed by atoms with Crippen LogP contribution in [0.3, 0.4) is 0 Å². The minimum atomic E-state index is -0.239. The van der Waals surface area contributed by atoms with E-state index in [-0.39, 0.29) is 17.8 Å². The molecule has 0 bridgehead atoms. The summed E-state index contributed by atoms with van der Waals surface area (Å²) in [6.45, 7) is 8.31. The third-order valence-corrected chi connectivity index (χ3v) is 7.77. The first kappa shape index (κ1) is 28.6. The Labute approximate surface area is 236 Å². The third kappa shape index (κ3) is 7.82. The van der Waals surface area contributed by atoms with E-state index in [0.29, 0.717) is 36.9 Å². The molecule has 3 aromatic rings. The Morgan fingerprint density at radius 1 is 1.08 bits per heavy atom. The number of piperidine rings is 1. The van der Waals surface area contributed by atoms with Crippen LogP contribution in [-0.4, -0.2) is 53.5 Å². The van der Waals surface area contributed by atoms with Crippen LogP contribution in [0.4, 0.5) is 5.82 Å². The number of aromatic nitrogens is 2. The van der Waals surface area contributed by atoms with Gasteiger partial charge >= 0.3 is 5.97 Å². The molecule has 0 radical (unpaired) electrons. The van der Waals surface area contributed by atoms with Crippen molar-refractivity contribution in [2.45, 2.75) is 57.0 Å². The Balaban J connectivity index is 1.39. The van der Waals surface area contributed by atoms with Crippen LogP contribution in [0.5, 0.6) is 0 Å². The Hall–Kier alpha value is -3.39. The van der Waals surface area contributed by atoms with E-state index in [9.17, 15) is 9.59 Å². The molecule has 0 unspecified atom stereocenters. The van der Waals surface area contributed by atoms with Crippen molar-refractivity contribution in [1.82, 2.24) is 14.9 Å². The van der Waals surface area contributed by atoms with Crippen molar-refractivity contribution in [3.63, 3.8) is 0 Å². The van der Waals surface area contributed by atoms with Crippen molar-refractivity contribution in [2.24, 2.45) is 5.92 Å². The Morgan fingerprint density at radius 3 is 2.51 bits per heavy atom. The fraction of sp³-hybridized carbons (Fsp3) is 0.419. The minimum absolute atomic E-state index is 0.0396. The molecule has 2 aromatic carbocycles. The van der Waals surface area contributed by atoms with Gasteiger partial charge in [0.1, 0.15) is 5.82 Å². The van der Waals surface area contributed by atoms with Crippen LogP contribution in [0, 0.1) is 5.92 Å². The van der Waals surface area contributed by atoms with Crippen molar-refractivity contribution in [2.75, 3.05) is 31.6 Å². The molecule has 1 saturated heterocycles. The average molecular weight is 547 g/mol. The molecule has 0 N–H and O–H groups in total. The highest BCUT2D eigenvalue weighted by Crippen LogP contribution is 2.27. The lowest BCUT2D eigenvalue weighted by atomic mass is 9.97. The number of carbonyl (C=O) groups is 2. The quantitative estimate of drug-likeness (QED) is 0.177. The maximum Gasteiger partial charge on any atom is 0.310 e. The van der Waals surface area contributed by atoms with Crippen LogP contribution in [0.2, 0.25) is 0 Å². The number of thioether (sulfide) groups is 1. The standard InChI is InChI=1S/C31H38N4O3S/c1-5-38-30(37)26-12-9-17-35(20-26)29(36)25-15-13-24(14-16-25)21-39-31-32-27(22(2)3)18-28(33-31)34(4)19-23-10-7-6-8-11-23/h6-8,10-11,13-16,18,22,26H,5,9,12,17,19-21H2,1-4H3/t26-/m1/s1. The summed E-state index contributed by atoms with van der Waals surface area (Å²) in [4.78, 5) is 38.8. The zero-order valence-corrected chi connectivity index (χ0v) is 24.1. The van der Waals surface area contributed by atoms with Gasteiger partial charge in [0.05, 0.1) is 12.5 Å². The second-order valence-corrected chi connectivity index (χ2v) is 11.2. The molecule has 1 fully saturated rings. The first-order valence-electron chi connectivity index (χ1n) is 13.7. The molecule has 4 rings (SSSR count). The zero-order valence-electron chi connectivity index (χ0n) is 23.3. The van der Waals surface area contributed by atoms with E-state index in [1.54, 1.807) is 23.6 Å². The fourth-order valence-corrected chi connectivity index (χ4v) is 5.43. The van der Waals surface area contributed by atoms with Gasteiger partial charge in [-0.2, -0.15) is 0 Å². The van der Waals surface area contributed by atoms with Crippen LogP contribution in [0.25, 0.3) is 0 Å². The predicted octanol–water partition coefficient (Wildman–Crippen LogP) is 5.94. The van der Waals surface area contributed by atoms with E-state index >= 15 is 0 Å². The van der Waals surface area contributed by atoms with Crippen molar-refractivity contribution in [1.29, 1.82) is 0 Å². The van der Waals surface area contributed by atoms with Gasteiger partial charge in [0.2, 0.25) is 0 Å². The monoisotopic (exact) mass is 546 g/mol. The van der Waals surface area contributed by atoms with E-state index in [1.165, 1.54) is 5.56 Å². The van der Waals surface area contributed by atoms with Crippen LogP contribution < -0.4 is 4.90 Å². The van der Waals surface area contributed by atoms with Gasteiger partial charge in [-0.15, -0.1) is 0 Å². The van der Waals surface area contributed by atoms with Gasteiger partial charge in [-0.3, -0.25) is 9.59 Å². The predicted molar refractivity (Wildman–Crippen MR) is 156 cm³/mol. The van der Waals surface area contributed by atoms with Gasteiger partial charge in [0, 0.05) is 49.8 Å². The molecule has 2 heterocycles. The molecule has 1 amide bonds. The van der Waals surface area contributed by atoms with Crippen LogP contribution in [0.15, 0.2) is 65.8 Å². The number of esters is 1. The van der Waals surface area contributed by atoms with Crippen molar-refractivity contribution in [3.8, 4) is 0 Å². The van der Waals surface area contributed by atoms with Gasteiger partial charge in [-0.1, -0.05) is 68.1 Å². The summed E-state index contributed by atoms with van der Waals surface area (Å²) in [6.07, 6.45) is 1.57. The van der Waals surface area contributed by atoms with Crippen molar-refractivity contribution < 1.29 is 14.3 Å². The second-order valence-electron chi connectivity index (χ2n) is 10.3. The number of ether oxygens (including phenoxy) is 1. The second kappa shape index (κ2) is 13.6. The minimum Gasteiger partial charge on any atom is -0.466 e. The molecule has 0 saturated carbocycles. The summed E-state index contributed by atoms with van der Waals surface area (Å²) in [5.41, 5.74) is 3.98. The van der Waals surface area contributed by atoms with Crippen LogP contribution >= 0.6 is 11.8 Å². The number of anilines is 1. The largest absolute Gasteiger partial charge is 0.466 e. The zero-order chi connectivity index (χ0) is 27.8. The molecule has 0 spiro atoms. The molecule has 0 aliphatic carbocycles. The topological polar surface area (TPSA) is 75.6 Å². The van der Waals surface area contributed by atoms with Crippen molar-refractivity contribution in [3.05, 3.63) is 83.0 Å². The Kier molecular flexibility index (Phi) is 9.98. The smallest absolute Gasteiger partial charge is 0.310 e. The molecule has 1 atom stereocenters. The molecule has 7 nitrogen and oxygen atoms in total. The van der Waals surface area contributed by atoms with Gasteiger partial charge in [-0.05, 0) is 48.9 Å². The highest BCUT2D eigenvalue weighted by molar-refractivity contribution is 7.98. The molecule has 1 aromatic heterocycles. The lowest BCUT2D eigenvalue weighted by Crippen LogP contribution is -2.42. The third-order valence-electron chi connectivity index (χ3n) is 6.85. The number of nitrogens with zero attached hydrogens (tertiary/aromatic N) is 4. The maximum absolute atomic E-state index is 13.1. The number of amides is 1. The fourth-order valence-electron chi connectivity index (χ4n) is 4.61. The van der Waals surface area contributed by atoms with Gasteiger partial charge < -0.3 is 14.5 Å². The van der Waals surface area contributed by atoms with Crippen LogP contribution in [-0.2, 0) is 21.8 Å². The molecule has 1 aliphatic rings. The Morgan fingerprint density at radius 2 is 1.82 bits per heavy atom. The molecule has 1 aliphatic heterocycles. The number of likely N-dealkylation sites (tertiary alicyclic amines) is 1. The van der Waals surface area contributed by atoms with E-state index in [1.807, 2.05) is 30.3 Å². The first-order chi connectivity index (χ1) is 18.8. The summed E-state index contributed by atoms with van der Waals surface area (Å²) in [7, 11) is 2.06. The molecular formula is C31H38N4O3S. The highest BCUT2D eigenvalue weighted by Gasteiger charge is 2.29. The van der Waals surface area contributed by atoms with E-state index in [0.717, 1.165) is 41.6 Å². The normalized spacial score (nSPS) is 15.3. The molecular weight excluding hydrogens is 508 g/mol. The molecule has 206 valence electrons. The average Bonchev–Trinajstić information content (AvgIpc) is 2.96. The van der Waals surface area contributed by atoms with E-state index in [4.69, 9.17) is 14.7 Å². The number of rotatable bonds is 10. The highest BCUT2D eigenvalue weighted by atomic mass is 32.2. The van der Waals surface area contributed by atoms with Crippen LogP contribution in [0.1, 0.15) is 66.7 Å². The SMILES string of the molecule is CCOC(=O)[C@@H]1CCCN(C(=O)c2ccc(CSc3nc(C(C)C)cc(N(C)Cc4ccccc4)n3)cc2)C1. The van der Waals surface area contributed by atoms with Gasteiger partial charge in [0.15, 0.2) is 5.16 Å². The van der Waals surface area contributed by atoms with Crippen molar-refractivity contribution >= 4 is 29.5 Å². The number of benzene rings is 2. The molecule has 8 heteroatoms. The number of hydrogen-bond donors (Lipinski definition) is 0. The lowest BCUT2D eigenvalue weighted by molar-refractivity contribution is -0.149. The number of hydrogen-bond acceptors (Lipinski definition) is 7. The summed E-state index contributed by atoms with van der Waals surface area (Å²) >= 11 is 1.60. The van der Waals surface area contributed by atoms with Gasteiger partial charge in [0.25, 0.3) is 5.91 Å². The summed E-state index contributed by atoms with van der Waals surface area (Å²) < 4.78 is 5.17.